The molecule has 1 aromatic heterocycles. The number of imidazole rings is 1. The fourth-order valence-corrected chi connectivity index (χ4v) is 3.53. The fraction of sp³-hybridized carbons (Fsp3) is 0.462. The fourth-order valence-electron chi connectivity index (χ4n) is 2.34. The van der Waals surface area contributed by atoms with Crippen LogP contribution in [0.2, 0.25) is 0 Å². The first-order chi connectivity index (χ1) is 8.22. The predicted octanol–water partition coefficient (Wildman–Crippen LogP) is 2.88. The van der Waals surface area contributed by atoms with E-state index in [9.17, 15) is 5.11 Å². The lowest BCUT2D eigenvalue weighted by molar-refractivity contribution is 0.188. The number of aryl methyl sites for hydroxylation is 1. The molecule has 0 bridgehead atoms. The molecule has 0 saturated heterocycles. The molecule has 1 aromatic carbocycles. The van der Waals surface area contributed by atoms with E-state index in [4.69, 9.17) is 0 Å². The van der Waals surface area contributed by atoms with Crippen LogP contribution in [-0.4, -0.2) is 26.4 Å². The summed E-state index contributed by atoms with van der Waals surface area (Å²) in [6.07, 6.45) is 2.96. The Bertz CT molecular complexity index is 537. The summed E-state index contributed by atoms with van der Waals surface area (Å²) in [5, 5.41) is 11.0. The predicted molar refractivity (Wildman–Crippen MR) is 70.3 cm³/mol. The summed E-state index contributed by atoms with van der Waals surface area (Å²) in [5.41, 5.74) is 3.32. The van der Waals surface area contributed by atoms with Gasteiger partial charge in [-0.3, -0.25) is 0 Å². The zero-order valence-electron chi connectivity index (χ0n) is 9.81. The van der Waals surface area contributed by atoms with E-state index < -0.39 is 0 Å². The normalized spacial score (nSPS) is 24.6. The van der Waals surface area contributed by atoms with E-state index in [-0.39, 0.29) is 6.10 Å². The average molecular weight is 248 g/mol. The number of aromatic amines is 1. The van der Waals surface area contributed by atoms with Crippen LogP contribution < -0.4 is 0 Å². The molecule has 4 heteroatoms. The van der Waals surface area contributed by atoms with E-state index in [1.54, 1.807) is 11.8 Å². The number of benzene rings is 1. The smallest absolute Gasteiger partial charge is 0.166 e. The van der Waals surface area contributed by atoms with E-state index in [0.717, 1.165) is 35.5 Å². The Balaban J connectivity index is 1.85. The van der Waals surface area contributed by atoms with Crippen molar-refractivity contribution in [3.8, 4) is 0 Å². The number of H-pyrrole nitrogens is 1. The second-order valence-electron chi connectivity index (χ2n) is 4.72. The molecule has 2 atom stereocenters. The zero-order valence-corrected chi connectivity index (χ0v) is 10.6. The molecule has 2 unspecified atom stereocenters. The van der Waals surface area contributed by atoms with Crippen molar-refractivity contribution in [2.75, 3.05) is 0 Å². The molecule has 1 heterocycles. The quantitative estimate of drug-likeness (QED) is 0.859. The summed E-state index contributed by atoms with van der Waals surface area (Å²) in [6, 6.07) is 6.22. The maximum Gasteiger partial charge on any atom is 0.166 e. The van der Waals surface area contributed by atoms with Gasteiger partial charge in [-0.1, -0.05) is 17.8 Å². The van der Waals surface area contributed by atoms with Crippen LogP contribution in [0, 0.1) is 6.92 Å². The van der Waals surface area contributed by atoms with Gasteiger partial charge in [-0.2, -0.15) is 0 Å². The highest BCUT2D eigenvalue weighted by Crippen LogP contribution is 2.34. The van der Waals surface area contributed by atoms with Crippen LogP contribution in [0.1, 0.15) is 24.8 Å². The third-order valence-corrected chi connectivity index (χ3v) is 4.57. The second kappa shape index (κ2) is 4.35. The summed E-state index contributed by atoms with van der Waals surface area (Å²) in [5.74, 6) is 0. The lowest BCUT2D eigenvalue weighted by atomic mass is 10.2. The van der Waals surface area contributed by atoms with Gasteiger partial charge < -0.3 is 10.1 Å². The molecule has 1 fully saturated rings. The Labute approximate surface area is 105 Å². The molecule has 1 saturated carbocycles. The maximum absolute atomic E-state index is 9.81. The van der Waals surface area contributed by atoms with Crippen molar-refractivity contribution in [1.82, 2.24) is 9.97 Å². The van der Waals surface area contributed by atoms with Gasteiger partial charge >= 0.3 is 0 Å². The monoisotopic (exact) mass is 248 g/mol. The van der Waals surface area contributed by atoms with Crippen LogP contribution in [0.4, 0.5) is 0 Å². The topological polar surface area (TPSA) is 48.9 Å². The van der Waals surface area contributed by atoms with E-state index in [1.165, 1.54) is 5.56 Å². The van der Waals surface area contributed by atoms with Crippen molar-refractivity contribution >= 4 is 22.8 Å². The number of aliphatic hydroxyl groups is 1. The maximum atomic E-state index is 9.81. The number of nitrogens with one attached hydrogen (secondary N) is 1. The Hall–Kier alpha value is -1.00. The van der Waals surface area contributed by atoms with Gasteiger partial charge in [0.25, 0.3) is 0 Å². The molecule has 90 valence electrons. The standard InChI is InChI=1S/C13H16N2OS/c1-8-5-6-9-10(7-8)15-13(14-9)17-12-4-2-3-11(12)16/h5-7,11-12,16H,2-4H2,1H3,(H,14,15). The number of hydrogen-bond acceptors (Lipinski definition) is 3. The Morgan fingerprint density at radius 3 is 3.06 bits per heavy atom. The summed E-state index contributed by atoms with van der Waals surface area (Å²) >= 11 is 1.67. The number of fused-ring (bicyclic) bond motifs is 1. The molecule has 1 aliphatic carbocycles. The van der Waals surface area contributed by atoms with Gasteiger partial charge in [-0.25, -0.2) is 4.98 Å². The lowest BCUT2D eigenvalue weighted by Crippen LogP contribution is -2.15. The van der Waals surface area contributed by atoms with Crippen LogP contribution in [0.25, 0.3) is 11.0 Å². The van der Waals surface area contributed by atoms with E-state index in [1.807, 2.05) is 6.07 Å². The first-order valence-electron chi connectivity index (χ1n) is 6.03. The van der Waals surface area contributed by atoms with Gasteiger partial charge in [0.2, 0.25) is 0 Å². The van der Waals surface area contributed by atoms with Gasteiger partial charge in [-0.15, -0.1) is 0 Å². The Morgan fingerprint density at radius 1 is 1.41 bits per heavy atom. The summed E-state index contributed by atoms with van der Waals surface area (Å²) < 4.78 is 0. The summed E-state index contributed by atoms with van der Waals surface area (Å²) in [7, 11) is 0. The van der Waals surface area contributed by atoms with E-state index >= 15 is 0 Å². The minimum Gasteiger partial charge on any atom is -0.392 e. The number of rotatable bonds is 2. The first-order valence-corrected chi connectivity index (χ1v) is 6.91. The van der Waals surface area contributed by atoms with Crippen molar-refractivity contribution in [2.24, 2.45) is 0 Å². The molecule has 2 N–H and O–H groups in total. The summed E-state index contributed by atoms with van der Waals surface area (Å²) in [6.45, 7) is 2.08. The minimum absolute atomic E-state index is 0.171. The van der Waals surface area contributed by atoms with E-state index in [0.29, 0.717) is 5.25 Å². The zero-order chi connectivity index (χ0) is 11.8. The first kappa shape index (κ1) is 11.1. The van der Waals surface area contributed by atoms with Crippen molar-refractivity contribution in [3.63, 3.8) is 0 Å². The molecule has 17 heavy (non-hydrogen) atoms. The molecule has 0 spiro atoms. The van der Waals surface area contributed by atoms with Crippen LogP contribution in [-0.2, 0) is 0 Å². The molecular formula is C13H16N2OS. The molecule has 2 aromatic rings. The van der Waals surface area contributed by atoms with E-state index in [2.05, 4.69) is 29.0 Å². The number of hydrogen-bond donors (Lipinski definition) is 2. The van der Waals surface area contributed by atoms with Crippen molar-refractivity contribution in [2.45, 2.75) is 42.7 Å². The Kier molecular flexibility index (Phi) is 2.84. The Morgan fingerprint density at radius 2 is 2.29 bits per heavy atom. The molecule has 0 aliphatic heterocycles. The van der Waals surface area contributed by atoms with Crippen molar-refractivity contribution in [3.05, 3.63) is 23.8 Å². The molecule has 0 amide bonds. The molecule has 3 rings (SSSR count). The average Bonchev–Trinajstić information content (AvgIpc) is 2.85. The third-order valence-electron chi connectivity index (χ3n) is 3.30. The minimum atomic E-state index is -0.171. The number of thioether (sulfide) groups is 1. The van der Waals surface area contributed by atoms with Gasteiger partial charge in [0.15, 0.2) is 5.16 Å². The molecule has 1 aliphatic rings. The largest absolute Gasteiger partial charge is 0.392 e. The number of aliphatic hydroxyl groups excluding tert-OH is 1. The molecule has 0 radical (unpaired) electrons. The van der Waals surface area contributed by atoms with Crippen LogP contribution in [0.3, 0.4) is 0 Å². The van der Waals surface area contributed by atoms with Crippen LogP contribution in [0.5, 0.6) is 0 Å². The summed E-state index contributed by atoms with van der Waals surface area (Å²) in [4.78, 5) is 7.87. The third kappa shape index (κ3) is 2.19. The van der Waals surface area contributed by atoms with Gasteiger partial charge in [0, 0.05) is 5.25 Å². The van der Waals surface area contributed by atoms with Gasteiger partial charge in [-0.05, 0) is 43.9 Å². The highest BCUT2D eigenvalue weighted by molar-refractivity contribution is 7.99. The number of aromatic nitrogens is 2. The molecular weight excluding hydrogens is 232 g/mol. The number of nitrogens with zero attached hydrogens (tertiary/aromatic N) is 1. The van der Waals surface area contributed by atoms with Crippen LogP contribution >= 0.6 is 11.8 Å². The highest BCUT2D eigenvalue weighted by atomic mass is 32.2. The molecule has 3 nitrogen and oxygen atoms in total. The second-order valence-corrected chi connectivity index (χ2v) is 5.95. The van der Waals surface area contributed by atoms with Crippen molar-refractivity contribution < 1.29 is 5.11 Å². The SMILES string of the molecule is Cc1ccc2nc(SC3CCCC3O)[nH]c2c1. The highest BCUT2D eigenvalue weighted by Gasteiger charge is 2.27. The van der Waals surface area contributed by atoms with Gasteiger partial charge in [0.1, 0.15) is 0 Å². The van der Waals surface area contributed by atoms with Crippen LogP contribution in [0.15, 0.2) is 23.4 Å². The lowest BCUT2D eigenvalue weighted by Gasteiger charge is -2.11. The van der Waals surface area contributed by atoms with Crippen molar-refractivity contribution in [1.29, 1.82) is 0 Å². The van der Waals surface area contributed by atoms with Gasteiger partial charge in [0.05, 0.1) is 17.1 Å².